The van der Waals surface area contributed by atoms with Crippen LogP contribution in [0.2, 0.25) is 0 Å². The first-order valence-corrected chi connectivity index (χ1v) is 10.9. The van der Waals surface area contributed by atoms with E-state index in [0.29, 0.717) is 38.1 Å². The van der Waals surface area contributed by atoms with Crippen LogP contribution in [-0.2, 0) is 21.9 Å². The van der Waals surface area contributed by atoms with Gasteiger partial charge in [0.2, 0.25) is 0 Å². The highest BCUT2D eigenvalue weighted by molar-refractivity contribution is 5.94. The number of nitrogens with zero attached hydrogens (tertiary/aromatic N) is 1. The standard InChI is InChI=1S/C19H23F6N3O3.C2HF3O2/c1-2-31-17(30)28-7-3-15(4-8-28)26-5-6-27-16(29)12-9-13(18(20,21)22)11-14(10-12)19(23,24)25;3-2(4,5)1(6)7/h9-11,15,26H,2-8H2,1H3,(H,27,29);(H,6,7). The second-order valence-electron chi connectivity index (χ2n) is 7.77. The van der Waals surface area contributed by atoms with E-state index in [1.807, 2.05) is 0 Å². The van der Waals surface area contributed by atoms with Gasteiger partial charge in [-0.15, -0.1) is 0 Å². The number of carboxylic acids is 1. The van der Waals surface area contributed by atoms with E-state index >= 15 is 0 Å². The van der Waals surface area contributed by atoms with Crippen LogP contribution in [0.1, 0.15) is 41.3 Å². The number of rotatable bonds is 6. The van der Waals surface area contributed by atoms with Crippen LogP contribution in [0.4, 0.5) is 44.3 Å². The lowest BCUT2D eigenvalue weighted by Gasteiger charge is -2.31. The molecule has 8 nitrogen and oxygen atoms in total. The van der Waals surface area contributed by atoms with Gasteiger partial charge in [-0.3, -0.25) is 4.79 Å². The van der Waals surface area contributed by atoms with Gasteiger partial charge in [-0.2, -0.15) is 39.5 Å². The molecule has 1 heterocycles. The summed E-state index contributed by atoms with van der Waals surface area (Å²) in [5.74, 6) is -3.79. The molecular formula is C21H24F9N3O5. The fraction of sp³-hybridized carbons (Fsp3) is 0.571. The number of aliphatic carboxylic acids is 1. The average molecular weight is 569 g/mol. The number of piperidine rings is 1. The Morgan fingerprint density at radius 2 is 1.39 bits per heavy atom. The van der Waals surface area contributed by atoms with Crippen molar-refractivity contribution in [2.24, 2.45) is 0 Å². The fourth-order valence-electron chi connectivity index (χ4n) is 3.12. The predicted molar refractivity (Wildman–Crippen MR) is 112 cm³/mol. The van der Waals surface area contributed by atoms with E-state index < -0.39 is 47.1 Å². The van der Waals surface area contributed by atoms with Gasteiger partial charge < -0.3 is 25.4 Å². The number of benzene rings is 1. The third-order valence-corrected chi connectivity index (χ3v) is 4.96. The summed E-state index contributed by atoms with van der Waals surface area (Å²) in [6.45, 7) is 3.26. The van der Waals surface area contributed by atoms with Crippen LogP contribution >= 0.6 is 0 Å². The Morgan fingerprint density at radius 3 is 1.79 bits per heavy atom. The third-order valence-electron chi connectivity index (χ3n) is 4.96. The molecule has 1 aromatic carbocycles. The second kappa shape index (κ2) is 13.5. The number of halogens is 9. The predicted octanol–water partition coefficient (Wildman–Crippen LogP) is 4.30. The highest BCUT2D eigenvalue weighted by Gasteiger charge is 2.38. The van der Waals surface area contributed by atoms with Crippen molar-refractivity contribution < 1.29 is 63.7 Å². The van der Waals surface area contributed by atoms with Gasteiger partial charge in [0.1, 0.15) is 0 Å². The summed E-state index contributed by atoms with van der Waals surface area (Å²) in [5.41, 5.74) is -3.80. The highest BCUT2D eigenvalue weighted by Crippen LogP contribution is 2.36. The minimum Gasteiger partial charge on any atom is -0.475 e. The van der Waals surface area contributed by atoms with Crippen LogP contribution < -0.4 is 10.6 Å². The molecule has 1 saturated heterocycles. The van der Waals surface area contributed by atoms with Crippen LogP contribution in [0, 0.1) is 0 Å². The molecule has 0 unspecified atom stereocenters. The normalized spacial score (nSPS) is 14.8. The molecule has 0 aliphatic carbocycles. The van der Waals surface area contributed by atoms with Gasteiger partial charge in [-0.25, -0.2) is 9.59 Å². The molecule has 2 rings (SSSR count). The SMILES string of the molecule is CCOC(=O)N1CCC(NCCNC(=O)c2cc(C(F)(F)F)cc(C(F)(F)F)c2)CC1.O=C(O)C(F)(F)F. The maximum atomic E-state index is 12.9. The molecule has 17 heteroatoms. The topological polar surface area (TPSA) is 108 Å². The molecule has 1 aliphatic rings. The maximum Gasteiger partial charge on any atom is 0.490 e. The van der Waals surface area contributed by atoms with Gasteiger partial charge in [0.05, 0.1) is 17.7 Å². The highest BCUT2D eigenvalue weighted by atomic mass is 19.4. The van der Waals surface area contributed by atoms with E-state index in [1.54, 1.807) is 11.8 Å². The first-order valence-electron chi connectivity index (χ1n) is 10.9. The van der Waals surface area contributed by atoms with Gasteiger partial charge in [-0.05, 0) is 38.0 Å². The lowest BCUT2D eigenvalue weighted by atomic mass is 10.0. The van der Waals surface area contributed by atoms with Crippen molar-refractivity contribution in [2.45, 2.75) is 44.3 Å². The number of nitrogens with one attached hydrogen (secondary N) is 2. The summed E-state index contributed by atoms with van der Waals surface area (Å²) in [4.78, 5) is 34.2. The van der Waals surface area contributed by atoms with Crippen molar-refractivity contribution in [3.05, 3.63) is 34.9 Å². The molecule has 0 bridgehead atoms. The van der Waals surface area contributed by atoms with Crippen LogP contribution in [0.5, 0.6) is 0 Å². The van der Waals surface area contributed by atoms with Gasteiger partial charge in [-0.1, -0.05) is 0 Å². The number of hydrogen-bond acceptors (Lipinski definition) is 5. The molecule has 0 saturated carbocycles. The van der Waals surface area contributed by atoms with Crippen LogP contribution in [0.15, 0.2) is 18.2 Å². The molecule has 1 aromatic rings. The molecular weight excluding hydrogens is 545 g/mol. The summed E-state index contributed by atoms with van der Waals surface area (Å²) < 4.78 is 114. The zero-order valence-electron chi connectivity index (χ0n) is 19.7. The van der Waals surface area contributed by atoms with Gasteiger partial charge in [0.25, 0.3) is 5.91 Å². The summed E-state index contributed by atoms with van der Waals surface area (Å²) in [5, 5.41) is 12.6. The monoisotopic (exact) mass is 569 g/mol. The summed E-state index contributed by atoms with van der Waals surface area (Å²) in [7, 11) is 0. The minimum atomic E-state index is -5.08. The molecule has 0 spiro atoms. The van der Waals surface area contributed by atoms with Gasteiger partial charge in [0.15, 0.2) is 0 Å². The summed E-state index contributed by atoms with van der Waals surface area (Å²) >= 11 is 0. The third kappa shape index (κ3) is 11.0. The van der Waals surface area contributed by atoms with E-state index in [4.69, 9.17) is 14.6 Å². The first-order chi connectivity index (χ1) is 17.4. The zero-order chi connectivity index (χ0) is 29.3. The lowest BCUT2D eigenvalue weighted by Crippen LogP contribution is -2.46. The number of carbonyl (C=O) groups is 3. The molecule has 2 amide bonds. The van der Waals surface area contributed by atoms with Crippen molar-refractivity contribution in [1.82, 2.24) is 15.5 Å². The molecule has 3 N–H and O–H groups in total. The number of hydrogen-bond donors (Lipinski definition) is 3. The quantitative estimate of drug-likeness (QED) is 0.349. The summed E-state index contributed by atoms with van der Waals surface area (Å²) in [6.07, 6.45) is -14.2. The maximum absolute atomic E-state index is 12.9. The zero-order valence-corrected chi connectivity index (χ0v) is 19.7. The van der Waals surface area contributed by atoms with E-state index in [9.17, 15) is 49.1 Å². The van der Waals surface area contributed by atoms with Crippen LogP contribution in [-0.4, -0.2) is 73.0 Å². The number of alkyl halides is 9. The Labute approximate surface area is 210 Å². The Balaban J connectivity index is 0.000000905. The number of likely N-dealkylation sites (tertiary alicyclic amines) is 1. The molecule has 38 heavy (non-hydrogen) atoms. The molecule has 216 valence electrons. The van der Waals surface area contributed by atoms with Crippen LogP contribution in [0.25, 0.3) is 0 Å². The fourth-order valence-corrected chi connectivity index (χ4v) is 3.12. The van der Waals surface area contributed by atoms with E-state index in [1.165, 1.54) is 0 Å². The molecule has 0 atom stereocenters. The molecule has 0 radical (unpaired) electrons. The number of ether oxygens (including phenoxy) is 1. The van der Waals surface area contributed by atoms with Gasteiger partial charge >= 0.3 is 30.6 Å². The average Bonchev–Trinajstić information content (AvgIpc) is 2.80. The van der Waals surface area contributed by atoms with Crippen molar-refractivity contribution in [1.29, 1.82) is 0 Å². The number of carboxylic acid groups (broad SMARTS) is 1. The van der Waals surface area contributed by atoms with Crippen molar-refractivity contribution in [3.8, 4) is 0 Å². The summed E-state index contributed by atoms with van der Waals surface area (Å²) in [6, 6.07) is 0.820. The van der Waals surface area contributed by atoms with E-state index in [-0.39, 0.29) is 37.9 Å². The lowest BCUT2D eigenvalue weighted by molar-refractivity contribution is -0.192. The largest absolute Gasteiger partial charge is 0.490 e. The van der Waals surface area contributed by atoms with Crippen molar-refractivity contribution >= 4 is 18.0 Å². The van der Waals surface area contributed by atoms with Crippen LogP contribution in [0.3, 0.4) is 0 Å². The number of amides is 2. The number of carbonyl (C=O) groups excluding carboxylic acids is 2. The second-order valence-corrected chi connectivity index (χ2v) is 7.77. The smallest absolute Gasteiger partial charge is 0.475 e. The Hall–Kier alpha value is -3.24. The van der Waals surface area contributed by atoms with E-state index in [0.717, 1.165) is 0 Å². The minimum absolute atomic E-state index is 0.00845. The first kappa shape index (κ1) is 32.8. The van der Waals surface area contributed by atoms with Crippen molar-refractivity contribution in [3.63, 3.8) is 0 Å². The van der Waals surface area contributed by atoms with Crippen molar-refractivity contribution in [2.75, 3.05) is 32.8 Å². The Morgan fingerprint density at radius 1 is 0.921 bits per heavy atom. The van der Waals surface area contributed by atoms with E-state index in [2.05, 4.69) is 10.6 Å². The van der Waals surface area contributed by atoms with Gasteiger partial charge in [0, 0.05) is 37.8 Å². The molecule has 1 fully saturated rings. The molecule has 0 aromatic heterocycles. The Kier molecular flexibility index (Phi) is 11.7. The molecule has 1 aliphatic heterocycles. The Bertz CT molecular complexity index is 925.